The molecule has 0 amide bonds. The Balaban J connectivity index is 2.15. The van der Waals surface area contributed by atoms with Crippen molar-refractivity contribution in [3.05, 3.63) is 6.33 Å². The number of nitrogens with zero attached hydrogens (tertiary/aromatic N) is 4. The Kier molecular flexibility index (Phi) is 3.40. The number of nitrogen functional groups attached to an aromatic ring is 1. The molecule has 2 aromatic rings. The lowest BCUT2D eigenvalue weighted by Crippen LogP contribution is -2.44. The van der Waals surface area contributed by atoms with Crippen molar-refractivity contribution in [3.8, 4) is 5.88 Å². The van der Waals surface area contributed by atoms with E-state index in [4.69, 9.17) is 15.2 Å². The monoisotopic (exact) mass is 311 g/mol. The fourth-order valence-corrected chi connectivity index (χ4v) is 2.64. The van der Waals surface area contributed by atoms with Crippen LogP contribution in [0.1, 0.15) is 13.2 Å². The lowest BCUT2D eigenvalue weighted by atomic mass is 9.97. The first-order valence-corrected chi connectivity index (χ1v) is 6.61. The summed E-state index contributed by atoms with van der Waals surface area (Å²) in [6.45, 7) is 0.945. The average molecular weight is 311 g/mol. The standard InChI is InChI=1S/C12H17N5O5/c1-12(20)7(19)5(3-18)22-11(12)17-9-6(8(13)16-17)10(21-2)15-4-14-9/h4-5,7,11,18-20H,3H2,1-2H3,(H2,13,16)/t5-,7-,11-,12-/m1/s1. The Labute approximate surface area is 125 Å². The third kappa shape index (κ3) is 1.92. The van der Waals surface area contributed by atoms with Gasteiger partial charge >= 0.3 is 0 Å². The Morgan fingerprint density at radius 2 is 2.23 bits per heavy atom. The summed E-state index contributed by atoms with van der Waals surface area (Å²) in [5.74, 6) is 0.347. The third-order valence-electron chi connectivity index (χ3n) is 3.83. The van der Waals surface area contributed by atoms with E-state index in [1.165, 1.54) is 25.0 Å². The van der Waals surface area contributed by atoms with Gasteiger partial charge in [-0.25, -0.2) is 14.6 Å². The molecule has 0 unspecified atom stereocenters. The van der Waals surface area contributed by atoms with Gasteiger partial charge in [0.25, 0.3) is 0 Å². The van der Waals surface area contributed by atoms with Gasteiger partial charge in [0.2, 0.25) is 5.88 Å². The average Bonchev–Trinajstić information content (AvgIpc) is 2.95. The molecule has 0 radical (unpaired) electrons. The van der Waals surface area contributed by atoms with Gasteiger partial charge in [0.1, 0.15) is 29.5 Å². The van der Waals surface area contributed by atoms with Crippen LogP contribution in [0.5, 0.6) is 5.88 Å². The number of nitrogens with two attached hydrogens (primary N) is 1. The van der Waals surface area contributed by atoms with Crippen molar-refractivity contribution in [1.29, 1.82) is 0 Å². The number of hydrogen-bond acceptors (Lipinski definition) is 9. The summed E-state index contributed by atoms with van der Waals surface area (Å²) in [5, 5.41) is 34.3. The molecule has 1 aliphatic rings. The number of aliphatic hydroxyl groups excluding tert-OH is 2. The zero-order valence-corrected chi connectivity index (χ0v) is 12.0. The minimum atomic E-state index is -1.68. The predicted octanol–water partition coefficient (Wildman–Crippen LogP) is -1.58. The minimum Gasteiger partial charge on any atom is -0.480 e. The van der Waals surface area contributed by atoms with Gasteiger partial charge in [-0.2, -0.15) is 5.10 Å². The highest BCUT2D eigenvalue weighted by Gasteiger charge is 2.53. The highest BCUT2D eigenvalue weighted by molar-refractivity contribution is 5.90. The fourth-order valence-electron chi connectivity index (χ4n) is 2.64. The zero-order chi connectivity index (χ0) is 16.1. The van der Waals surface area contributed by atoms with Crippen LogP contribution in [0.4, 0.5) is 5.82 Å². The van der Waals surface area contributed by atoms with E-state index in [0.29, 0.717) is 11.0 Å². The smallest absolute Gasteiger partial charge is 0.229 e. The normalized spacial score (nSPS) is 31.8. The molecule has 3 heterocycles. The van der Waals surface area contributed by atoms with Crippen LogP contribution in [-0.4, -0.2) is 66.6 Å². The maximum Gasteiger partial charge on any atom is 0.229 e. The molecule has 2 aromatic heterocycles. The van der Waals surface area contributed by atoms with E-state index in [-0.39, 0.29) is 11.7 Å². The van der Waals surface area contributed by atoms with E-state index >= 15 is 0 Å². The highest BCUT2D eigenvalue weighted by Crippen LogP contribution is 2.40. The molecule has 10 heteroatoms. The van der Waals surface area contributed by atoms with Crippen molar-refractivity contribution >= 4 is 16.9 Å². The van der Waals surface area contributed by atoms with Gasteiger partial charge in [-0.3, -0.25) is 0 Å². The number of methoxy groups -OCH3 is 1. The first-order chi connectivity index (χ1) is 10.4. The summed E-state index contributed by atoms with van der Waals surface area (Å²) in [7, 11) is 1.44. The van der Waals surface area contributed by atoms with Crippen LogP contribution >= 0.6 is 0 Å². The van der Waals surface area contributed by atoms with Gasteiger partial charge in [-0.15, -0.1) is 0 Å². The number of rotatable bonds is 3. The molecule has 1 saturated heterocycles. The second-order valence-corrected chi connectivity index (χ2v) is 5.29. The van der Waals surface area contributed by atoms with Crippen LogP contribution in [0.3, 0.4) is 0 Å². The van der Waals surface area contributed by atoms with Crippen molar-refractivity contribution in [3.63, 3.8) is 0 Å². The summed E-state index contributed by atoms with van der Waals surface area (Å²) in [6, 6.07) is 0. The van der Waals surface area contributed by atoms with Crippen LogP contribution in [-0.2, 0) is 4.74 Å². The zero-order valence-electron chi connectivity index (χ0n) is 12.0. The largest absolute Gasteiger partial charge is 0.480 e. The highest BCUT2D eigenvalue weighted by atomic mass is 16.6. The molecule has 1 fully saturated rings. The molecule has 0 spiro atoms. The molecule has 0 aromatic carbocycles. The number of anilines is 1. The van der Waals surface area contributed by atoms with E-state index in [9.17, 15) is 15.3 Å². The van der Waals surface area contributed by atoms with Gasteiger partial charge in [-0.05, 0) is 6.92 Å². The van der Waals surface area contributed by atoms with E-state index in [1.807, 2.05) is 0 Å². The number of aliphatic hydroxyl groups is 3. The molecular weight excluding hydrogens is 294 g/mol. The molecule has 4 atom stereocenters. The van der Waals surface area contributed by atoms with E-state index in [1.54, 1.807) is 0 Å². The SMILES string of the molecule is COc1ncnc2c1c(N)nn2[C@@H]1O[C@H](CO)[C@@H](O)[C@@]1(C)O. The van der Waals surface area contributed by atoms with Crippen molar-refractivity contribution in [2.45, 2.75) is 31.0 Å². The van der Waals surface area contributed by atoms with Crippen molar-refractivity contribution in [2.24, 2.45) is 0 Å². The third-order valence-corrected chi connectivity index (χ3v) is 3.83. The van der Waals surface area contributed by atoms with Crippen molar-refractivity contribution in [2.75, 3.05) is 19.5 Å². The van der Waals surface area contributed by atoms with E-state index in [0.717, 1.165) is 0 Å². The summed E-state index contributed by atoms with van der Waals surface area (Å²) >= 11 is 0. The summed E-state index contributed by atoms with van der Waals surface area (Å²) in [6.07, 6.45) is -2.03. The molecule has 1 aliphatic heterocycles. The van der Waals surface area contributed by atoms with E-state index < -0.39 is 30.6 Å². The maximum absolute atomic E-state index is 10.5. The van der Waals surface area contributed by atoms with Crippen LogP contribution in [0.15, 0.2) is 6.33 Å². The van der Waals surface area contributed by atoms with Crippen LogP contribution < -0.4 is 10.5 Å². The Morgan fingerprint density at radius 3 is 2.82 bits per heavy atom. The molecule has 5 N–H and O–H groups in total. The quantitative estimate of drug-likeness (QED) is 0.526. The molecule has 120 valence electrons. The molecule has 0 bridgehead atoms. The number of aromatic nitrogens is 4. The lowest BCUT2D eigenvalue weighted by molar-refractivity contribution is -0.100. The molecule has 0 saturated carbocycles. The number of fused-ring (bicyclic) bond motifs is 1. The van der Waals surface area contributed by atoms with Crippen LogP contribution in [0.25, 0.3) is 11.0 Å². The molecule has 22 heavy (non-hydrogen) atoms. The Bertz CT molecular complexity index is 703. The topological polar surface area (TPSA) is 149 Å². The van der Waals surface area contributed by atoms with Gasteiger partial charge < -0.3 is 30.5 Å². The van der Waals surface area contributed by atoms with Crippen molar-refractivity contribution < 1.29 is 24.8 Å². The molecule has 10 nitrogen and oxygen atoms in total. The van der Waals surface area contributed by atoms with Gasteiger partial charge in [-0.1, -0.05) is 0 Å². The number of hydrogen-bond donors (Lipinski definition) is 4. The summed E-state index contributed by atoms with van der Waals surface area (Å²) < 4.78 is 11.9. The Hall–Kier alpha value is -2.01. The molecular formula is C12H17N5O5. The van der Waals surface area contributed by atoms with Crippen LogP contribution in [0.2, 0.25) is 0 Å². The summed E-state index contributed by atoms with van der Waals surface area (Å²) in [4.78, 5) is 8.04. The Morgan fingerprint density at radius 1 is 1.50 bits per heavy atom. The second kappa shape index (κ2) is 5.02. The van der Waals surface area contributed by atoms with Gasteiger partial charge in [0.15, 0.2) is 17.7 Å². The number of ether oxygens (including phenoxy) is 2. The van der Waals surface area contributed by atoms with Gasteiger partial charge in [0.05, 0.1) is 13.7 Å². The maximum atomic E-state index is 10.5. The first-order valence-electron chi connectivity index (χ1n) is 6.61. The van der Waals surface area contributed by atoms with Gasteiger partial charge in [0, 0.05) is 0 Å². The predicted molar refractivity (Wildman–Crippen MR) is 73.9 cm³/mol. The second-order valence-electron chi connectivity index (χ2n) is 5.29. The fraction of sp³-hybridized carbons (Fsp3) is 0.583. The molecule has 3 rings (SSSR count). The molecule has 0 aliphatic carbocycles. The first kappa shape index (κ1) is 14.9. The minimum absolute atomic E-state index is 0.105. The van der Waals surface area contributed by atoms with E-state index in [2.05, 4.69) is 15.1 Å². The van der Waals surface area contributed by atoms with Crippen molar-refractivity contribution in [1.82, 2.24) is 19.7 Å². The van der Waals surface area contributed by atoms with Crippen LogP contribution in [0, 0.1) is 0 Å². The summed E-state index contributed by atoms with van der Waals surface area (Å²) in [5.41, 5.74) is 4.48. The lowest BCUT2D eigenvalue weighted by Gasteiger charge is -2.26.